The van der Waals surface area contributed by atoms with E-state index in [1.165, 1.54) is 17.4 Å². The van der Waals surface area contributed by atoms with Gasteiger partial charge in [-0.25, -0.2) is 4.39 Å². The second kappa shape index (κ2) is 4.47. The summed E-state index contributed by atoms with van der Waals surface area (Å²) in [5.41, 5.74) is 6.82. The van der Waals surface area contributed by atoms with Crippen molar-refractivity contribution >= 4 is 16.3 Å². The molecule has 0 aliphatic carbocycles. The lowest BCUT2D eigenvalue weighted by Crippen LogP contribution is -1.86. The maximum absolute atomic E-state index is 13.5. The summed E-state index contributed by atoms with van der Waals surface area (Å²) in [5, 5.41) is 4.53. The fourth-order valence-corrected chi connectivity index (χ4v) is 2.34. The molecule has 3 aromatic rings. The van der Waals surface area contributed by atoms with Crippen LogP contribution in [0.4, 0.5) is 9.39 Å². The Morgan fingerprint density at radius 2 is 2.11 bits per heavy atom. The van der Waals surface area contributed by atoms with E-state index in [9.17, 15) is 4.39 Å². The van der Waals surface area contributed by atoms with Gasteiger partial charge < -0.3 is 10.3 Å². The van der Waals surface area contributed by atoms with Crippen LogP contribution in [-0.4, -0.2) is 10.1 Å². The largest absolute Gasteiger partial charge is 0.391 e. The molecule has 19 heavy (non-hydrogen) atoms. The summed E-state index contributed by atoms with van der Waals surface area (Å²) < 4.78 is 18.7. The summed E-state index contributed by atoms with van der Waals surface area (Å²) in [5.74, 6) is 0.461. The quantitative estimate of drug-likeness (QED) is 0.777. The van der Waals surface area contributed by atoms with Gasteiger partial charge in [0.1, 0.15) is 5.82 Å². The van der Waals surface area contributed by atoms with Crippen molar-refractivity contribution in [2.24, 2.45) is 0 Å². The first-order valence-corrected chi connectivity index (χ1v) is 6.41. The molecule has 0 spiro atoms. The van der Waals surface area contributed by atoms with E-state index in [2.05, 4.69) is 10.1 Å². The molecule has 3 rings (SSSR count). The van der Waals surface area contributed by atoms with Gasteiger partial charge in [0.2, 0.25) is 5.82 Å². The molecule has 4 nitrogen and oxygen atoms in total. The number of benzene rings is 1. The highest BCUT2D eigenvalue weighted by Crippen LogP contribution is 2.29. The summed E-state index contributed by atoms with van der Waals surface area (Å²) in [7, 11) is 0. The second-order valence-corrected chi connectivity index (χ2v) is 5.20. The Morgan fingerprint density at radius 1 is 1.26 bits per heavy atom. The molecule has 96 valence electrons. The van der Waals surface area contributed by atoms with Gasteiger partial charge in [-0.2, -0.15) is 4.98 Å². The number of anilines is 1. The molecule has 2 heterocycles. The molecule has 6 heteroatoms. The minimum atomic E-state index is -0.288. The Balaban J connectivity index is 1.98. The molecule has 0 aliphatic heterocycles. The fraction of sp³-hybridized carbons (Fsp3) is 0.0769. The van der Waals surface area contributed by atoms with Crippen LogP contribution in [0.3, 0.4) is 0 Å². The number of rotatable bonds is 2. The summed E-state index contributed by atoms with van der Waals surface area (Å²) in [6.07, 6.45) is 0. The van der Waals surface area contributed by atoms with E-state index in [0.717, 1.165) is 4.88 Å². The van der Waals surface area contributed by atoms with Gasteiger partial charge in [0.05, 0.1) is 9.88 Å². The predicted octanol–water partition coefficient (Wildman–Crippen LogP) is 3.49. The Hall–Kier alpha value is -2.21. The highest BCUT2D eigenvalue weighted by molar-refractivity contribution is 7.19. The number of halogens is 1. The lowest BCUT2D eigenvalue weighted by molar-refractivity contribution is 0.433. The van der Waals surface area contributed by atoms with Crippen LogP contribution in [0.15, 0.2) is 34.9 Å². The highest BCUT2D eigenvalue weighted by atomic mass is 32.1. The summed E-state index contributed by atoms with van der Waals surface area (Å²) in [4.78, 5) is 5.04. The number of nitrogens with two attached hydrogens (primary N) is 1. The van der Waals surface area contributed by atoms with Crippen molar-refractivity contribution in [3.63, 3.8) is 0 Å². The molecule has 0 aliphatic rings. The number of nitrogen functional groups attached to an aromatic ring is 1. The zero-order valence-electron chi connectivity index (χ0n) is 10.1. The second-order valence-electron chi connectivity index (χ2n) is 4.09. The van der Waals surface area contributed by atoms with E-state index < -0.39 is 0 Å². The Morgan fingerprint density at radius 3 is 2.79 bits per heavy atom. The summed E-state index contributed by atoms with van der Waals surface area (Å²) >= 11 is 1.36. The standard InChI is InChI=1S/C13H10FN3OS/c1-7-2-3-8(6-9(7)14)12-16-13(18-17-12)10-4-5-11(15)19-10/h2-6H,15H2,1H3. The third-order valence-electron chi connectivity index (χ3n) is 2.69. The van der Waals surface area contributed by atoms with Gasteiger partial charge in [0, 0.05) is 5.56 Å². The van der Waals surface area contributed by atoms with Crippen LogP contribution in [0.25, 0.3) is 22.2 Å². The molecular formula is C13H10FN3OS. The molecule has 0 saturated carbocycles. The van der Waals surface area contributed by atoms with Crippen LogP contribution in [0, 0.1) is 12.7 Å². The lowest BCUT2D eigenvalue weighted by Gasteiger charge is -1.97. The van der Waals surface area contributed by atoms with E-state index in [4.69, 9.17) is 10.3 Å². The third kappa shape index (κ3) is 2.22. The van der Waals surface area contributed by atoms with Crippen molar-refractivity contribution in [3.8, 4) is 22.2 Å². The minimum Gasteiger partial charge on any atom is -0.391 e. The maximum Gasteiger partial charge on any atom is 0.268 e. The van der Waals surface area contributed by atoms with Crippen LogP contribution in [-0.2, 0) is 0 Å². The summed E-state index contributed by atoms with van der Waals surface area (Å²) in [6.45, 7) is 1.70. The first kappa shape index (κ1) is 11.9. The molecule has 1 aromatic carbocycles. The van der Waals surface area contributed by atoms with Crippen LogP contribution in [0.1, 0.15) is 5.56 Å². The SMILES string of the molecule is Cc1ccc(-c2noc(-c3ccc(N)s3)n2)cc1F. The Bertz CT molecular complexity index is 735. The monoisotopic (exact) mass is 275 g/mol. The van der Waals surface area contributed by atoms with Gasteiger partial charge in [-0.05, 0) is 30.7 Å². The first-order valence-electron chi connectivity index (χ1n) is 5.59. The molecule has 0 fully saturated rings. The van der Waals surface area contributed by atoms with E-state index in [0.29, 0.717) is 27.8 Å². The average molecular weight is 275 g/mol. The van der Waals surface area contributed by atoms with Gasteiger partial charge in [-0.15, -0.1) is 11.3 Å². The van der Waals surface area contributed by atoms with Crippen LogP contribution in [0.5, 0.6) is 0 Å². The number of aryl methyl sites for hydroxylation is 1. The topological polar surface area (TPSA) is 64.9 Å². The van der Waals surface area contributed by atoms with Gasteiger partial charge in [0.25, 0.3) is 5.89 Å². The van der Waals surface area contributed by atoms with Gasteiger partial charge in [0.15, 0.2) is 0 Å². The molecule has 0 bridgehead atoms. The summed E-state index contributed by atoms with van der Waals surface area (Å²) in [6, 6.07) is 8.43. The third-order valence-corrected chi connectivity index (χ3v) is 3.60. The number of thiophene rings is 1. The van der Waals surface area contributed by atoms with Crippen molar-refractivity contribution < 1.29 is 8.91 Å². The molecule has 0 atom stereocenters. The van der Waals surface area contributed by atoms with E-state index in [1.807, 2.05) is 6.07 Å². The molecule has 0 amide bonds. The number of nitrogens with zero attached hydrogens (tertiary/aromatic N) is 2. The maximum atomic E-state index is 13.5. The molecular weight excluding hydrogens is 265 g/mol. The first-order chi connectivity index (χ1) is 9.13. The van der Waals surface area contributed by atoms with E-state index in [1.54, 1.807) is 25.1 Å². The Labute approximate surface area is 112 Å². The zero-order valence-corrected chi connectivity index (χ0v) is 10.9. The van der Waals surface area contributed by atoms with Gasteiger partial charge in [-0.1, -0.05) is 17.3 Å². The minimum absolute atomic E-state index is 0.288. The predicted molar refractivity (Wildman–Crippen MR) is 72.2 cm³/mol. The molecule has 2 aromatic heterocycles. The zero-order chi connectivity index (χ0) is 13.4. The molecule has 0 radical (unpaired) electrons. The number of hydrogen-bond donors (Lipinski definition) is 1. The van der Waals surface area contributed by atoms with Crippen molar-refractivity contribution in [1.82, 2.24) is 10.1 Å². The molecule has 0 unspecified atom stereocenters. The lowest BCUT2D eigenvalue weighted by atomic mass is 10.1. The highest BCUT2D eigenvalue weighted by Gasteiger charge is 2.13. The van der Waals surface area contributed by atoms with Crippen LogP contribution in [0.2, 0.25) is 0 Å². The fourth-order valence-electron chi connectivity index (χ4n) is 1.64. The van der Waals surface area contributed by atoms with Crippen molar-refractivity contribution in [2.45, 2.75) is 6.92 Å². The van der Waals surface area contributed by atoms with Crippen molar-refractivity contribution in [1.29, 1.82) is 0 Å². The van der Waals surface area contributed by atoms with Crippen molar-refractivity contribution in [3.05, 3.63) is 41.7 Å². The number of aromatic nitrogens is 2. The normalized spacial score (nSPS) is 10.8. The Kier molecular flexibility index (Phi) is 2.79. The average Bonchev–Trinajstić information content (AvgIpc) is 3.01. The van der Waals surface area contributed by atoms with Crippen LogP contribution < -0.4 is 5.73 Å². The van der Waals surface area contributed by atoms with E-state index >= 15 is 0 Å². The van der Waals surface area contributed by atoms with Gasteiger partial charge >= 0.3 is 0 Å². The molecule has 0 saturated heterocycles. The smallest absolute Gasteiger partial charge is 0.268 e. The van der Waals surface area contributed by atoms with E-state index in [-0.39, 0.29) is 5.82 Å². The van der Waals surface area contributed by atoms with Gasteiger partial charge in [-0.3, -0.25) is 0 Å². The van der Waals surface area contributed by atoms with Crippen molar-refractivity contribution in [2.75, 3.05) is 5.73 Å². The number of hydrogen-bond acceptors (Lipinski definition) is 5. The molecule has 2 N–H and O–H groups in total. The van der Waals surface area contributed by atoms with Crippen LogP contribution >= 0.6 is 11.3 Å².